The van der Waals surface area contributed by atoms with Crippen LogP contribution < -0.4 is 0 Å². The lowest BCUT2D eigenvalue weighted by Crippen LogP contribution is -1.93. The van der Waals surface area contributed by atoms with E-state index in [-0.39, 0.29) is 0 Å². The first-order chi connectivity index (χ1) is 8.33. The molecule has 0 fully saturated rings. The average molecular weight is 244 g/mol. The highest BCUT2D eigenvalue weighted by Crippen LogP contribution is 2.33. The Bertz CT molecular complexity index is 447. The van der Waals surface area contributed by atoms with Gasteiger partial charge in [-0.1, -0.05) is 57.0 Å². The van der Waals surface area contributed by atoms with Crippen LogP contribution in [0, 0.1) is 6.92 Å². The van der Waals surface area contributed by atoms with Gasteiger partial charge in [0, 0.05) is 10.4 Å². The molecule has 0 N–H and O–H groups in total. The van der Waals surface area contributed by atoms with E-state index in [0.717, 1.165) is 12.1 Å². The topological polar surface area (TPSA) is 12.9 Å². The van der Waals surface area contributed by atoms with E-state index in [1.807, 2.05) is 11.6 Å². The van der Waals surface area contributed by atoms with Crippen LogP contribution in [0.15, 0.2) is 35.8 Å². The molecule has 0 amide bonds. The van der Waals surface area contributed by atoms with Crippen LogP contribution in [0.3, 0.4) is 0 Å². The van der Waals surface area contributed by atoms with Crippen LogP contribution in [0.1, 0.15) is 37.0 Å². The van der Waals surface area contributed by atoms with E-state index in [0.29, 0.717) is 5.92 Å². The molecule has 0 spiro atoms. The van der Waals surface area contributed by atoms with Crippen molar-refractivity contribution in [3.63, 3.8) is 0 Å². The fourth-order valence-corrected chi connectivity index (χ4v) is 2.90. The molecule has 0 saturated carbocycles. The molecule has 1 aromatic carbocycles. The summed E-state index contributed by atoms with van der Waals surface area (Å²) in [7, 11) is 0. The van der Waals surface area contributed by atoms with Crippen molar-refractivity contribution in [3.8, 4) is 11.3 Å². The lowest BCUT2D eigenvalue weighted by molar-refractivity contribution is 0.648. The Balaban J connectivity index is 2.23. The minimum absolute atomic E-state index is 0.583. The first-order valence-corrected chi connectivity index (χ1v) is 6.99. The van der Waals surface area contributed by atoms with E-state index in [1.165, 1.54) is 23.3 Å². The molecule has 2 aromatic rings. The van der Waals surface area contributed by atoms with Gasteiger partial charge in [0.05, 0.1) is 11.2 Å². The quantitative estimate of drug-likeness (QED) is 0.727. The van der Waals surface area contributed by atoms with Gasteiger partial charge in [-0.2, -0.15) is 0 Å². The van der Waals surface area contributed by atoms with Crippen LogP contribution in [-0.2, 0) is 0 Å². The third-order valence-electron chi connectivity index (χ3n) is 2.98. The predicted octanol–water partition coefficient (Wildman–Crippen LogP) is 4.92. The van der Waals surface area contributed by atoms with Gasteiger partial charge in [0.2, 0.25) is 0 Å². The first-order valence-electron chi connectivity index (χ1n) is 6.11. The summed E-state index contributed by atoms with van der Waals surface area (Å²) in [6, 6.07) is 10.4. The van der Waals surface area contributed by atoms with E-state index in [9.17, 15) is 0 Å². The van der Waals surface area contributed by atoms with Gasteiger partial charge in [0.25, 0.3) is 0 Å². The second-order valence-electron chi connectivity index (χ2n) is 4.33. The minimum atomic E-state index is 0.583. The third kappa shape index (κ3) is 2.95. The first kappa shape index (κ1) is 12.3. The van der Waals surface area contributed by atoms with Crippen molar-refractivity contribution in [2.24, 2.45) is 0 Å². The zero-order valence-electron chi connectivity index (χ0n) is 10.2. The van der Waals surface area contributed by atoms with Crippen LogP contribution >= 0.6 is 11.3 Å². The predicted molar refractivity (Wildman–Crippen MR) is 75.2 cm³/mol. The van der Waals surface area contributed by atoms with Gasteiger partial charge in [0.1, 0.15) is 0 Å². The average Bonchev–Trinajstić information content (AvgIpc) is 2.86. The molecule has 0 aliphatic rings. The number of rotatable bonds is 5. The fraction of sp³-hybridized carbons (Fsp3) is 0.333. The van der Waals surface area contributed by atoms with E-state index < -0.39 is 0 Å². The van der Waals surface area contributed by atoms with Gasteiger partial charge in [-0.05, 0) is 12.3 Å². The van der Waals surface area contributed by atoms with Crippen molar-refractivity contribution in [2.75, 3.05) is 0 Å². The summed E-state index contributed by atoms with van der Waals surface area (Å²) in [6.45, 7) is 6.19. The standard InChI is InChI=1S/C15H18NS/c1-3-4-8-12(2)15-14(16-11-17-15)13-9-6-5-7-10-13/h5-7,9-12H,1,3-4,8H2,2H3. The van der Waals surface area contributed by atoms with Crippen LogP contribution in [0.2, 0.25) is 0 Å². The van der Waals surface area contributed by atoms with Crippen molar-refractivity contribution >= 4 is 11.3 Å². The van der Waals surface area contributed by atoms with E-state index >= 15 is 0 Å². The third-order valence-corrected chi connectivity index (χ3v) is 4.04. The molecule has 89 valence electrons. The van der Waals surface area contributed by atoms with Crippen LogP contribution in [-0.4, -0.2) is 4.98 Å². The Morgan fingerprint density at radius 3 is 2.76 bits per heavy atom. The van der Waals surface area contributed by atoms with Gasteiger partial charge < -0.3 is 0 Å². The highest BCUT2D eigenvalue weighted by Gasteiger charge is 2.14. The summed E-state index contributed by atoms with van der Waals surface area (Å²) in [4.78, 5) is 5.93. The van der Waals surface area contributed by atoms with Crippen molar-refractivity contribution in [3.05, 3.63) is 47.6 Å². The number of thiazole rings is 1. The maximum atomic E-state index is 4.52. The van der Waals surface area contributed by atoms with Crippen LogP contribution in [0.4, 0.5) is 0 Å². The Morgan fingerprint density at radius 2 is 2.06 bits per heavy atom. The van der Waals surface area contributed by atoms with Gasteiger partial charge in [-0.25, -0.2) is 4.98 Å². The summed E-state index contributed by atoms with van der Waals surface area (Å²) < 4.78 is 0. The molecule has 1 heterocycles. The van der Waals surface area contributed by atoms with Crippen molar-refractivity contribution in [1.82, 2.24) is 4.98 Å². The number of hydrogen-bond donors (Lipinski definition) is 0. The molecule has 0 aliphatic carbocycles. The molecule has 1 unspecified atom stereocenters. The number of benzene rings is 1. The fourth-order valence-electron chi connectivity index (χ4n) is 2.00. The zero-order chi connectivity index (χ0) is 12.1. The molecular weight excluding hydrogens is 226 g/mol. The highest BCUT2D eigenvalue weighted by atomic mass is 32.1. The lowest BCUT2D eigenvalue weighted by atomic mass is 9.99. The number of aromatic nitrogens is 1. The molecule has 1 nitrogen and oxygen atoms in total. The Hall–Kier alpha value is -1.15. The van der Waals surface area contributed by atoms with Gasteiger partial charge in [-0.3, -0.25) is 0 Å². The maximum Gasteiger partial charge on any atom is 0.0845 e. The molecule has 1 atom stereocenters. The molecule has 0 bridgehead atoms. The second kappa shape index (κ2) is 5.97. The molecule has 1 radical (unpaired) electrons. The summed E-state index contributed by atoms with van der Waals surface area (Å²) in [5.41, 5.74) is 4.34. The SMILES string of the molecule is [CH2]CCCC(C)c1scnc1-c1ccccc1. The maximum absolute atomic E-state index is 4.52. The summed E-state index contributed by atoms with van der Waals surface area (Å²) in [5, 5.41) is 0. The number of hydrogen-bond acceptors (Lipinski definition) is 2. The highest BCUT2D eigenvalue weighted by molar-refractivity contribution is 7.10. The molecular formula is C15H18NS. The Morgan fingerprint density at radius 1 is 1.29 bits per heavy atom. The molecule has 17 heavy (non-hydrogen) atoms. The van der Waals surface area contributed by atoms with E-state index in [2.05, 4.69) is 43.1 Å². The monoisotopic (exact) mass is 244 g/mol. The molecule has 2 rings (SSSR count). The number of nitrogens with zero attached hydrogens (tertiary/aromatic N) is 1. The van der Waals surface area contributed by atoms with E-state index in [4.69, 9.17) is 0 Å². The molecule has 0 saturated heterocycles. The van der Waals surface area contributed by atoms with Gasteiger partial charge in [-0.15, -0.1) is 11.3 Å². The Labute approximate surface area is 108 Å². The van der Waals surface area contributed by atoms with E-state index in [1.54, 1.807) is 11.3 Å². The Kier molecular flexibility index (Phi) is 4.32. The normalized spacial score (nSPS) is 12.6. The summed E-state index contributed by atoms with van der Waals surface area (Å²) in [6.07, 6.45) is 3.41. The minimum Gasteiger partial charge on any atom is -0.244 e. The molecule has 1 aromatic heterocycles. The van der Waals surface area contributed by atoms with Gasteiger partial charge >= 0.3 is 0 Å². The van der Waals surface area contributed by atoms with Crippen LogP contribution in [0.25, 0.3) is 11.3 Å². The number of unbranched alkanes of at least 4 members (excludes halogenated alkanes) is 1. The van der Waals surface area contributed by atoms with Gasteiger partial charge in [0.15, 0.2) is 0 Å². The second-order valence-corrected chi connectivity index (χ2v) is 5.21. The molecule has 0 aliphatic heterocycles. The largest absolute Gasteiger partial charge is 0.244 e. The van der Waals surface area contributed by atoms with Crippen molar-refractivity contribution in [2.45, 2.75) is 32.1 Å². The smallest absolute Gasteiger partial charge is 0.0845 e. The zero-order valence-corrected chi connectivity index (χ0v) is 11.0. The summed E-state index contributed by atoms with van der Waals surface area (Å²) >= 11 is 1.77. The van der Waals surface area contributed by atoms with Crippen molar-refractivity contribution in [1.29, 1.82) is 0 Å². The molecule has 2 heteroatoms. The van der Waals surface area contributed by atoms with Crippen LogP contribution in [0.5, 0.6) is 0 Å². The van der Waals surface area contributed by atoms with Crippen molar-refractivity contribution < 1.29 is 0 Å². The summed E-state index contributed by atoms with van der Waals surface area (Å²) in [5.74, 6) is 0.583. The lowest BCUT2D eigenvalue weighted by Gasteiger charge is -2.10.